The number of thiophene rings is 1. The van der Waals surface area contributed by atoms with E-state index in [2.05, 4.69) is 36.4 Å². The molecule has 0 atom stereocenters. The Morgan fingerprint density at radius 1 is 1.36 bits per heavy atom. The van der Waals surface area contributed by atoms with Crippen molar-refractivity contribution in [1.82, 2.24) is 15.2 Å². The maximum absolute atomic E-state index is 12.2. The number of hydrogen-bond acceptors (Lipinski definition) is 7. The first-order chi connectivity index (χ1) is 13.5. The number of carbonyl (C=O) groups excluding carboxylic acids is 2. The number of nitrogens with one attached hydrogen (secondary N) is 2. The average Bonchev–Trinajstić information content (AvgIpc) is 3.27. The highest BCUT2D eigenvalue weighted by Gasteiger charge is 2.16. The van der Waals surface area contributed by atoms with Crippen molar-refractivity contribution in [1.29, 1.82) is 0 Å². The smallest absolute Gasteiger partial charge is 0.348 e. The molecule has 3 rings (SSSR count). The van der Waals surface area contributed by atoms with Crippen molar-refractivity contribution in [3.05, 3.63) is 45.2 Å². The monoisotopic (exact) mass is 480 g/mol. The van der Waals surface area contributed by atoms with Gasteiger partial charge in [0.25, 0.3) is 0 Å². The number of amides is 1. The summed E-state index contributed by atoms with van der Waals surface area (Å²) in [6, 6.07) is 9.44. The van der Waals surface area contributed by atoms with Crippen molar-refractivity contribution in [3.63, 3.8) is 0 Å². The Labute approximate surface area is 178 Å². The summed E-state index contributed by atoms with van der Waals surface area (Å²) in [5.41, 5.74) is 1.67. The molecule has 0 saturated heterocycles. The number of esters is 1. The highest BCUT2D eigenvalue weighted by molar-refractivity contribution is 9.10. The minimum Gasteiger partial charge on any atom is -0.462 e. The summed E-state index contributed by atoms with van der Waals surface area (Å²) < 4.78 is 5.92. The van der Waals surface area contributed by atoms with Crippen LogP contribution in [-0.4, -0.2) is 39.4 Å². The molecule has 0 saturated carbocycles. The first kappa shape index (κ1) is 20.6. The minimum atomic E-state index is -0.375. The molecule has 0 aliphatic carbocycles. The normalized spacial score (nSPS) is 10.7. The van der Waals surface area contributed by atoms with Gasteiger partial charge < -0.3 is 10.1 Å². The van der Waals surface area contributed by atoms with Gasteiger partial charge in [-0.1, -0.05) is 45.9 Å². The zero-order valence-corrected chi connectivity index (χ0v) is 18.3. The molecule has 0 bridgehead atoms. The van der Waals surface area contributed by atoms with Gasteiger partial charge in [-0.25, -0.2) is 9.78 Å². The fourth-order valence-electron chi connectivity index (χ4n) is 2.33. The molecule has 7 nitrogen and oxygen atoms in total. The molecule has 0 fully saturated rings. The molecule has 28 heavy (non-hydrogen) atoms. The van der Waals surface area contributed by atoms with E-state index in [0.29, 0.717) is 27.5 Å². The van der Waals surface area contributed by atoms with Crippen LogP contribution < -0.4 is 5.32 Å². The molecule has 1 aromatic carbocycles. The number of nitrogens with zero attached hydrogens (tertiary/aromatic N) is 2. The van der Waals surface area contributed by atoms with Crippen LogP contribution in [0.15, 0.2) is 40.0 Å². The zero-order valence-electron chi connectivity index (χ0n) is 15.1. The number of aryl methyl sites for hydroxylation is 1. The summed E-state index contributed by atoms with van der Waals surface area (Å²) in [6.45, 7) is 3.88. The van der Waals surface area contributed by atoms with E-state index in [1.807, 2.05) is 31.2 Å². The van der Waals surface area contributed by atoms with Crippen molar-refractivity contribution < 1.29 is 14.3 Å². The van der Waals surface area contributed by atoms with Crippen LogP contribution >= 0.6 is 39.0 Å². The second kappa shape index (κ2) is 9.35. The second-order valence-electron chi connectivity index (χ2n) is 5.63. The number of ether oxygens (including phenoxy) is 1. The number of anilines is 1. The molecular weight excluding hydrogens is 464 g/mol. The third kappa shape index (κ3) is 5.00. The van der Waals surface area contributed by atoms with E-state index in [0.717, 1.165) is 15.6 Å². The predicted octanol–water partition coefficient (Wildman–Crippen LogP) is 4.51. The number of thioether (sulfide) groups is 1. The van der Waals surface area contributed by atoms with E-state index in [9.17, 15) is 9.59 Å². The summed E-state index contributed by atoms with van der Waals surface area (Å²) in [5.74, 6) is 0.205. The van der Waals surface area contributed by atoms with E-state index < -0.39 is 0 Å². The summed E-state index contributed by atoms with van der Waals surface area (Å²) in [6.07, 6.45) is 0. The lowest BCUT2D eigenvalue weighted by Crippen LogP contribution is -2.13. The lowest BCUT2D eigenvalue weighted by molar-refractivity contribution is -0.113. The van der Waals surface area contributed by atoms with Gasteiger partial charge in [-0.15, -0.1) is 16.4 Å². The fourth-order valence-corrected chi connectivity index (χ4v) is 4.38. The Morgan fingerprint density at radius 2 is 2.14 bits per heavy atom. The Kier molecular flexibility index (Phi) is 6.87. The number of carbonyl (C=O) groups is 2. The zero-order chi connectivity index (χ0) is 20.1. The molecule has 2 heterocycles. The predicted molar refractivity (Wildman–Crippen MR) is 114 cm³/mol. The number of hydrogen-bond donors (Lipinski definition) is 2. The highest BCUT2D eigenvalue weighted by atomic mass is 79.9. The topological polar surface area (TPSA) is 97.0 Å². The van der Waals surface area contributed by atoms with Crippen LogP contribution in [0.25, 0.3) is 11.4 Å². The van der Waals surface area contributed by atoms with Crippen LogP contribution in [0, 0.1) is 6.92 Å². The summed E-state index contributed by atoms with van der Waals surface area (Å²) in [5, 5.41) is 10.9. The lowest BCUT2D eigenvalue weighted by Gasteiger charge is -2.01. The Hall–Kier alpha value is -2.17. The van der Waals surface area contributed by atoms with Crippen LogP contribution in [0.5, 0.6) is 0 Å². The number of benzene rings is 1. The summed E-state index contributed by atoms with van der Waals surface area (Å²) in [7, 11) is 0. The summed E-state index contributed by atoms with van der Waals surface area (Å²) >= 11 is 5.91. The molecule has 2 N–H and O–H groups in total. The van der Waals surface area contributed by atoms with E-state index in [4.69, 9.17) is 4.74 Å². The molecule has 0 spiro atoms. The van der Waals surface area contributed by atoms with Crippen LogP contribution in [0.3, 0.4) is 0 Å². The first-order valence-corrected chi connectivity index (χ1v) is 10.9. The standard InChI is InChI=1S/C18H17BrN4O3S2/c1-3-26-17(25)15-10(2)8-14(28-15)20-13(24)9-27-18-21-16(22-23-18)11-6-4-5-7-12(11)19/h4-8H,3,9H2,1-2H3,(H,20,24)(H,21,22,23). The molecule has 0 radical (unpaired) electrons. The quantitative estimate of drug-likeness (QED) is 0.381. The molecule has 2 aromatic heterocycles. The van der Waals surface area contributed by atoms with Gasteiger partial charge in [0.05, 0.1) is 17.4 Å². The van der Waals surface area contributed by atoms with Crippen molar-refractivity contribution in [3.8, 4) is 11.4 Å². The Bertz CT molecular complexity index is 1000. The molecular formula is C18H17BrN4O3S2. The molecule has 0 aliphatic rings. The van der Waals surface area contributed by atoms with Crippen molar-refractivity contribution in [2.45, 2.75) is 19.0 Å². The number of aromatic amines is 1. The Morgan fingerprint density at radius 3 is 2.89 bits per heavy atom. The second-order valence-corrected chi connectivity index (χ2v) is 8.48. The molecule has 0 aliphatic heterocycles. The maximum Gasteiger partial charge on any atom is 0.348 e. The van der Waals surface area contributed by atoms with Crippen LogP contribution in [-0.2, 0) is 9.53 Å². The molecule has 146 valence electrons. The average molecular weight is 481 g/mol. The number of H-pyrrole nitrogens is 1. The molecule has 1 amide bonds. The van der Waals surface area contributed by atoms with E-state index in [1.165, 1.54) is 23.1 Å². The van der Waals surface area contributed by atoms with Crippen molar-refractivity contribution in [2.24, 2.45) is 0 Å². The summed E-state index contributed by atoms with van der Waals surface area (Å²) in [4.78, 5) is 29.0. The van der Waals surface area contributed by atoms with E-state index in [1.54, 1.807) is 13.0 Å². The van der Waals surface area contributed by atoms with Gasteiger partial charge in [-0.05, 0) is 31.5 Å². The SMILES string of the molecule is CCOC(=O)c1sc(NC(=O)CSc2n[nH]c(-c3ccccc3Br)n2)cc1C. The lowest BCUT2D eigenvalue weighted by atomic mass is 10.2. The van der Waals surface area contributed by atoms with Crippen LogP contribution in [0.4, 0.5) is 5.00 Å². The van der Waals surface area contributed by atoms with Gasteiger partial charge in [0, 0.05) is 10.0 Å². The van der Waals surface area contributed by atoms with E-state index >= 15 is 0 Å². The van der Waals surface area contributed by atoms with E-state index in [-0.39, 0.29) is 17.6 Å². The number of aromatic nitrogens is 3. The molecule has 10 heteroatoms. The van der Waals surface area contributed by atoms with Crippen LogP contribution in [0.1, 0.15) is 22.2 Å². The van der Waals surface area contributed by atoms with Crippen molar-refractivity contribution >= 4 is 55.9 Å². The molecule has 3 aromatic rings. The fraction of sp³-hybridized carbons (Fsp3) is 0.222. The van der Waals surface area contributed by atoms with Gasteiger partial charge in [0.1, 0.15) is 4.88 Å². The highest BCUT2D eigenvalue weighted by Crippen LogP contribution is 2.28. The van der Waals surface area contributed by atoms with Gasteiger partial charge in [0.15, 0.2) is 5.82 Å². The van der Waals surface area contributed by atoms with Gasteiger partial charge >= 0.3 is 5.97 Å². The van der Waals surface area contributed by atoms with Crippen molar-refractivity contribution in [2.75, 3.05) is 17.7 Å². The first-order valence-electron chi connectivity index (χ1n) is 8.35. The van der Waals surface area contributed by atoms with Gasteiger partial charge in [-0.2, -0.15) is 0 Å². The third-order valence-corrected chi connectivity index (χ3v) is 6.24. The van der Waals surface area contributed by atoms with Gasteiger partial charge in [-0.3, -0.25) is 9.89 Å². The largest absolute Gasteiger partial charge is 0.462 e. The van der Waals surface area contributed by atoms with Crippen LogP contribution in [0.2, 0.25) is 0 Å². The molecule has 0 unspecified atom stereocenters. The van der Waals surface area contributed by atoms with Gasteiger partial charge in [0.2, 0.25) is 11.1 Å². The third-order valence-electron chi connectivity index (χ3n) is 3.57. The number of halogens is 1. The Balaban J connectivity index is 1.57. The minimum absolute atomic E-state index is 0.152. The number of rotatable bonds is 7. The maximum atomic E-state index is 12.2.